The van der Waals surface area contributed by atoms with Crippen LogP contribution in [0.2, 0.25) is 0 Å². The first kappa shape index (κ1) is 24.0. The monoisotopic (exact) mass is 493 g/mol. The van der Waals surface area contributed by atoms with E-state index in [1.54, 1.807) is 18.4 Å². The fraction of sp³-hybridized carbons (Fsp3) is 0.519. The molecule has 1 aliphatic carbocycles. The number of pyridine rings is 1. The fourth-order valence-corrected chi connectivity index (χ4v) is 5.69. The molecule has 0 N–H and O–H groups in total. The highest BCUT2D eigenvalue weighted by Crippen LogP contribution is 2.34. The molecule has 1 atom stereocenters. The fourth-order valence-electron chi connectivity index (χ4n) is 5.09. The lowest BCUT2D eigenvalue weighted by molar-refractivity contribution is -0.138. The van der Waals surface area contributed by atoms with Gasteiger partial charge in [-0.05, 0) is 64.4 Å². The second-order valence-corrected chi connectivity index (χ2v) is 11.0. The number of methoxy groups -OCH3 is 1. The normalized spacial score (nSPS) is 18.6. The molecule has 0 spiro atoms. The van der Waals surface area contributed by atoms with Crippen LogP contribution in [-0.4, -0.2) is 65.5 Å². The van der Waals surface area contributed by atoms with Gasteiger partial charge in [-0.15, -0.1) is 11.3 Å². The van der Waals surface area contributed by atoms with Crippen LogP contribution in [0.1, 0.15) is 48.4 Å². The highest BCUT2D eigenvalue weighted by Gasteiger charge is 2.38. The number of thiazole rings is 1. The van der Waals surface area contributed by atoms with Gasteiger partial charge < -0.3 is 14.5 Å². The largest absolute Gasteiger partial charge is 0.497 e. The molecule has 2 fully saturated rings. The Morgan fingerprint density at radius 3 is 2.69 bits per heavy atom. The quantitative estimate of drug-likeness (QED) is 0.456. The number of likely N-dealkylation sites (N-methyl/N-ethyl adjacent to an activating group) is 1. The molecule has 0 unspecified atom stereocenters. The summed E-state index contributed by atoms with van der Waals surface area (Å²) in [5.74, 6) is 1.96. The van der Waals surface area contributed by atoms with E-state index in [9.17, 15) is 4.79 Å². The average Bonchev–Trinajstić information content (AvgIpc) is 3.62. The van der Waals surface area contributed by atoms with Crippen molar-refractivity contribution >= 4 is 34.0 Å². The number of fused-ring (bicyclic) bond motifs is 1. The zero-order valence-electron chi connectivity index (χ0n) is 21.2. The number of aromatic nitrogens is 2. The number of likely N-dealkylation sites (tertiary alicyclic amines) is 1. The van der Waals surface area contributed by atoms with Crippen LogP contribution in [0.4, 0.5) is 5.82 Å². The van der Waals surface area contributed by atoms with Gasteiger partial charge in [-0.2, -0.15) is 0 Å². The molecule has 2 aromatic heterocycles. The molecule has 7 nitrogen and oxygen atoms in total. The molecular formula is C27H35N5O2S. The Balaban J connectivity index is 1.50. The number of aryl methyl sites for hydroxylation is 1. The number of hydrogen-bond acceptors (Lipinski definition) is 7. The standard InChI is InChI=1S/C27H35N5O2S/c1-18-28-21(17-35-18)16-31(3)26-20(13-19-8-11-23(34-4)14-24(19)29-26)15-32(22-9-10-22)27(33)25-7-5-6-12-30(25)2/h8,11,13-14,17,22,25H,5-7,9-10,12,15-16H2,1-4H3/t25-/m0/s1. The molecule has 0 radical (unpaired) electrons. The van der Waals surface area contributed by atoms with E-state index < -0.39 is 0 Å². The smallest absolute Gasteiger partial charge is 0.240 e. The Morgan fingerprint density at radius 2 is 2.00 bits per heavy atom. The first-order valence-corrected chi connectivity index (χ1v) is 13.4. The molecule has 35 heavy (non-hydrogen) atoms. The first-order chi connectivity index (χ1) is 16.9. The minimum absolute atomic E-state index is 0.0128. The molecule has 3 aromatic rings. The summed E-state index contributed by atoms with van der Waals surface area (Å²) in [6, 6.07) is 8.52. The van der Waals surface area contributed by atoms with E-state index in [0.717, 1.165) is 71.0 Å². The SMILES string of the molecule is COc1ccc2cc(CN(C(=O)[C@@H]3CCCCN3C)C3CC3)c(N(C)Cc3csc(C)n3)nc2c1. The van der Waals surface area contributed by atoms with Gasteiger partial charge >= 0.3 is 0 Å². The average molecular weight is 494 g/mol. The topological polar surface area (TPSA) is 61.8 Å². The number of amides is 1. The molecule has 2 aliphatic rings. The van der Waals surface area contributed by atoms with Crippen molar-refractivity contribution in [2.75, 3.05) is 32.6 Å². The van der Waals surface area contributed by atoms with Crippen molar-refractivity contribution in [2.45, 2.75) is 64.2 Å². The molecule has 0 bridgehead atoms. The second kappa shape index (κ2) is 10.1. The Hall–Kier alpha value is -2.71. The molecule has 8 heteroatoms. The number of rotatable bonds is 8. The predicted octanol–water partition coefficient (Wildman–Crippen LogP) is 4.62. The summed E-state index contributed by atoms with van der Waals surface area (Å²) >= 11 is 1.66. The van der Waals surface area contributed by atoms with Crippen LogP contribution in [0.15, 0.2) is 29.6 Å². The molecule has 1 aromatic carbocycles. The van der Waals surface area contributed by atoms with Crippen molar-refractivity contribution in [2.24, 2.45) is 0 Å². The van der Waals surface area contributed by atoms with Crippen LogP contribution < -0.4 is 9.64 Å². The van der Waals surface area contributed by atoms with Gasteiger partial charge in [0.1, 0.15) is 11.6 Å². The third-order valence-corrected chi connectivity index (χ3v) is 8.00. The third-order valence-electron chi connectivity index (χ3n) is 7.18. The van der Waals surface area contributed by atoms with Crippen LogP contribution in [0, 0.1) is 6.92 Å². The summed E-state index contributed by atoms with van der Waals surface area (Å²) in [5.41, 5.74) is 3.00. The lowest BCUT2D eigenvalue weighted by Crippen LogP contribution is -2.49. The summed E-state index contributed by atoms with van der Waals surface area (Å²) in [4.78, 5) is 30.0. The van der Waals surface area contributed by atoms with Gasteiger partial charge in [-0.1, -0.05) is 6.42 Å². The predicted molar refractivity (Wildman–Crippen MR) is 141 cm³/mol. The van der Waals surface area contributed by atoms with Gasteiger partial charge in [0.05, 0.1) is 35.9 Å². The van der Waals surface area contributed by atoms with E-state index in [4.69, 9.17) is 9.72 Å². The number of carbonyl (C=O) groups is 1. The van der Waals surface area contributed by atoms with Crippen molar-refractivity contribution in [3.05, 3.63) is 45.9 Å². The van der Waals surface area contributed by atoms with Crippen LogP contribution in [0.3, 0.4) is 0 Å². The lowest BCUT2D eigenvalue weighted by atomic mass is 10.0. The summed E-state index contributed by atoms with van der Waals surface area (Å²) in [7, 11) is 5.83. The van der Waals surface area contributed by atoms with Crippen molar-refractivity contribution in [1.82, 2.24) is 19.8 Å². The minimum Gasteiger partial charge on any atom is -0.497 e. The highest BCUT2D eigenvalue weighted by atomic mass is 32.1. The number of nitrogens with zero attached hydrogens (tertiary/aromatic N) is 5. The van der Waals surface area contributed by atoms with Gasteiger partial charge in [0.15, 0.2) is 0 Å². The molecule has 1 saturated heterocycles. The molecular weight excluding hydrogens is 458 g/mol. The Kier molecular flexibility index (Phi) is 6.93. The van der Waals surface area contributed by atoms with Crippen molar-refractivity contribution in [1.29, 1.82) is 0 Å². The summed E-state index contributed by atoms with van der Waals surface area (Å²) in [5, 5.41) is 4.22. The van der Waals surface area contributed by atoms with Gasteiger partial charge in [0, 0.05) is 42.0 Å². The van der Waals surface area contributed by atoms with Crippen molar-refractivity contribution in [3.8, 4) is 5.75 Å². The van der Waals surface area contributed by atoms with Gasteiger partial charge in [0.25, 0.3) is 0 Å². The minimum atomic E-state index is -0.0128. The van der Waals surface area contributed by atoms with E-state index in [1.807, 2.05) is 19.1 Å². The molecule has 1 aliphatic heterocycles. The van der Waals surface area contributed by atoms with Crippen LogP contribution in [0.5, 0.6) is 5.75 Å². The molecule has 5 rings (SSSR count). The van der Waals surface area contributed by atoms with Gasteiger partial charge in [-0.3, -0.25) is 9.69 Å². The van der Waals surface area contributed by atoms with Gasteiger partial charge in [0.2, 0.25) is 5.91 Å². The second-order valence-electron chi connectivity index (χ2n) is 9.93. The van der Waals surface area contributed by atoms with Gasteiger partial charge in [-0.25, -0.2) is 9.97 Å². The van der Waals surface area contributed by atoms with Crippen LogP contribution >= 0.6 is 11.3 Å². The maximum absolute atomic E-state index is 13.7. The van der Waals surface area contributed by atoms with Crippen LogP contribution in [0.25, 0.3) is 10.9 Å². The summed E-state index contributed by atoms with van der Waals surface area (Å²) in [6.45, 7) is 4.28. The molecule has 186 valence electrons. The Bertz CT molecular complexity index is 1210. The maximum Gasteiger partial charge on any atom is 0.240 e. The van der Waals surface area contributed by atoms with E-state index in [-0.39, 0.29) is 11.9 Å². The number of piperidine rings is 1. The number of benzene rings is 1. The number of ether oxygens (including phenoxy) is 1. The van der Waals surface area contributed by atoms with E-state index >= 15 is 0 Å². The lowest BCUT2D eigenvalue weighted by Gasteiger charge is -2.36. The number of carbonyl (C=O) groups excluding carboxylic acids is 1. The Labute approximate surface area is 211 Å². The third kappa shape index (κ3) is 5.28. The zero-order chi connectivity index (χ0) is 24.5. The number of anilines is 1. The Morgan fingerprint density at radius 1 is 1.17 bits per heavy atom. The summed E-state index contributed by atoms with van der Waals surface area (Å²) < 4.78 is 5.44. The first-order valence-electron chi connectivity index (χ1n) is 12.5. The zero-order valence-corrected chi connectivity index (χ0v) is 22.0. The van der Waals surface area contributed by atoms with E-state index in [0.29, 0.717) is 19.1 Å². The van der Waals surface area contributed by atoms with Crippen molar-refractivity contribution < 1.29 is 9.53 Å². The summed E-state index contributed by atoms with van der Waals surface area (Å²) in [6.07, 6.45) is 5.42. The molecule has 3 heterocycles. The highest BCUT2D eigenvalue weighted by molar-refractivity contribution is 7.09. The van der Waals surface area contributed by atoms with E-state index in [2.05, 4.69) is 51.3 Å². The molecule has 1 amide bonds. The van der Waals surface area contributed by atoms with Crippen molar-refractivity contribution in [3.63, 3.8) is 0 Å². The maximum atomic E-state index is 13.7. The van der Waals surface area contributed by atoms with Crippen LogP contribution in [-0.2, 0) is 17.9 Å². The molecule has 1 saturated carbocycles. The van der Waals surface area contributed by atoms with E-state index in [1.165, 1.54) is 6.42 Å². The number of hydrogen-bond donors (Lipinski definition) is 0.